The molecule has 1 aliphatic rings. The lowest BCUT2D eigenvalue weighted by molar-refractivity contribution is -0.00951. The van der Waals surface area contributed by atoms with E-state index in [9.17, 15) is 9.59 Å². The highest BCUT2D eigenvalue weighted by Gasteiger charge is 2.29. The molecule has 1 fully saturated rings. The Kier molecular flexibility index (Phi) is 5.09. The number of nitrogens with zero attached hydrogens (tertiary/aromatic N) is 1. The maximum Gasteiger partial charge on any atom is 0.335 e. The fraction of sp³-hybridized carbons (Fsp3) is 0.316. The van der Waals surface area contributed by atoms with Crippen LogP contribution in [-0.2, 0) is 4.74 Å². The van der Waals surface area contributed by atoms with Gasteiger partial charge in [-0.2, -0.15) is 0 Å². The number of hydrogen-bond acceptors (Lipinski definition) is 4. The van der Waals surface area contributed by atoms with Gasteiger partial charge in [0, 0.05) is 12.8 Å². The summed E-state index contributed by atoms with van der Waals surface area (Å²) in [4.78, 5) is 27.5. The Balaban J connectivity index is 1.77. The van der Waals surface area contributed by atoms with Gasteiger partial charge in [-0.25, -0.2) is 4.79 Å². The number of hydrogen-bond donors (Lipinski definition) is 2. The monoisotopic (exact) mass is 340 g/mol. The number of aromatic nitrogens is 1. The van der Waals surface area contributed by atoms with Crippen molar-refractivity contribution in [2.75, 3.05) is 6.61 Å². The van der Waals surface area contributed by atoms with Crippen LogP contribution < -0.4 is 5.32 Å². The van der Waals surface area contributed by atoms with Crippen LogP contribution in [0, 0.1) is 6.92 Å². The van der Waals surface area contributed by atoms with E-state index in [1.807, 2.05) is 31.2 Å². The van der Waals surface area contributed by atoms with Crippen LogP contribution >= 0.6 is 0 Å². The molecule has 1 aromatic carbocycles. The molecule has 2 unspecified atom stereocenters. The van der Waals surface area contributed by atoms with Crippen LogP contribution in [0.3, 0.4) is 0 Å². The topological polar surface area (TPSA) is 88.5 Å². The molecule has 1 aromatic heterocycles. The number of benzene rings is 1. The predicted octanol–water partition coefficient (Wildman–Crippen LogP) is 2.74. The number of carboxylic acids is 1. The summed E-state index contributed by atoms with van der Waals surface area (Å²) < 4.78 is 5.89. The Labute approximate surface area is 145 Å². The fourth-order valence-electron chi connectivity index (χ4n) is 2.94. The number of amides is 1. The van der Waals surface area contributed by atoms with E-state index in [1.54, 1.807) is 0 Å². The predicted molar refractivity (Wildman–Crippen MR) is 91.6 cm³/mol. The van der Waals surface area contributed by atoms with Crippen molar-refractivity contribution < 1.29 is 19.4 Å². The molecule has 1 amide bonds. The molecule has 130 valence electrons. The zero-order chi connectivity index (χ0) is 17.8. The number of pyridine rings is 1. The highest BCUT2D eigenvalue weighted by Crippen LogP contribution is 2.28. The molecule has 0 radical (unpaired) electrons. The van der Waals surface area contributed by atoms with E-state index >= 15 is 0 Å². The second kappa shape index (κ2) is 7.44. The van der Waals surface area contributed by atoms with E-state index in [4.69, 9.17) is 9.84 Å². The maximum atomic E-state index is 12.5. The summed E-state index contributed by atoms with van der Waals surface area (Å²) in [5.74, 6) is -1.48. The van der Waals surface area contributed by atoms with Gasteiger partial charge in [-0.3, -0.25) is 9.78 Å². The molecular formula is C19H20N2O4. The van der Waals surface area contributed by atoms with Crippen LogP contribution in [0.15, 0.2) is 42.6 Å². The Morgan fingerprint density at radius 3 is 2.72 bits per heavy atom. The summed E-state index contributed by atoms with van der Waals surface area (Å²) in [6.07, 6.45) is 2.76. The lowest BCUT2D eigenvalue weighted by Gasteiger charge is -2.32. The number of aromatic carboxylic acids is 1. The third-order valence-corrected chi connectivity index (χ3v) is 4.28. The number of ether oxygens (including phenoxy) is 1. The third kappa shape index (κ3) is 4.03. The van der Waals surface area contributed by atoms with Gasteiger partial charge < -0.3 is 15.2 Å². The molecule has 2 heterocycles. The van der Waals surface area contributed by atoms with Crippen molar-refractivity contribution in [1.82, 2.24) is 10.3 Å². The zero-order valence-corrected chi connectivity index (χ0v) is 13.9. The third-order valence-electron chi connectivity index (χ3n) is 4.28. The maximum absolute atomic E-state index is 12.5. The van der Waals surface area contributed by atoms with E-state index in [2.05, 4.69) is 10.3 Å². The van der Waals surface area contributed by atoms with Gasteiger partial charge in [0.15, 0.2) is 0 Å². The number of carboxylic acid groups (broad SMARTS) is 1. The first-order valence-corrected chi connectivity index (χ1v) is 8.23. The van der Waals surface area contributed by atoms with Gasteiger partial charge in [0.05, 0.1) is 11.6 Å². The molecule has 0 spiro atoms. The van der Waals surface area contributed by atoms with E-state index in [1.165, 1.54) is 18.3 Å². The number of rotatable bonds is 4. The van der Waals surface area contributed by atoms with Gasteiger partial charge in [-0.1, -0.05) is 29.8 Å². The Bertz CT molecular complexity index is 773. The van der Waals surface area contributed by atoms with Crippen molar-refractivity contribution in [3.63, 3.8) is 0 Å². The number of carbonyl (C=O) groups excluding carboxylic acids is 1. The molecule has 0 saturated carbocycles. The van der Waals surface area contributed by atoms with E-state index < -0.39 is 11.9 Å². The molecule has 6 nitrogen and oxygen atoms in total. The first-order chi connectivity index (χ1) is 12.0. The summed E-state index contributed by atoms with van der Waals surface area (Å²) in [6, 6.07) is 10.5. The van der Waals surface area contributed by atoms with Gasteiger partial charge >= 0.3 is 5.97 Å². The first kappa shape index (κ1) is 17.1. The van der Waals surface area contributed by atoms with Crippen LogP contribution in [0.5, 0.6) is 0 Å². The van der Waals surface area contributed by atoms with Crippen molar-refractivity contribution in [3.8, 4) is 0 Å². The summed E-state index contributed by atoms with van der Waals surface area (Å²) >= 11 is 0. The van der Waals surface area contributed by atoms with Crippen molar-refractivity contribution in [2.24, 2.45) is 0 Å². The molecule has 1 aliphatic heterocycles. The largest absolute Gasteiger partial charge is 0.478 e. The quantitative estimate of drug-likeness (QED) is 0.893. The minimum atomic E-state index is -1.09. The molecule has 25 heavy (non-hydrogen) atoms. The molecular weight excluding hydrogens is 320 g/mol. The van der Waals surface area contributed by atoms with E-state index in [0.717, 1.165) is 24.0 Å². The standard InChI is InChI=1S/C19H20N2O4/c1-12-4-6-13(7-5-12)17-15(3-2-10-25-17)21-18(22)16-11-14(19(23)24)8-9-20-16/h4-9,11,15,17H,2-3,10H2,1H3,(H,21,22)(H,23,24). The molecule has 2 N–H and O–H groups in total. The number of aryl methyl sites for hydroxylation is 1. The average molecular weight is 340 g/mol. The smallest absolute Gasteiger partial charge is 0.335 e. The average Bonchev–Trinajstić information content (AvgIpc) is 2.63. The first-order valence-electron chi connectivity index (χ1n) is 8.23. The number of carbonyl (C=O) groups is 2. The highest BCUT2D eigenvalue weighted by atomic mass is 16.5. The van der Waals surface area contributed by atoms with E-state index in [0.29, 0.717) is 6.61 Å². The summed E-state index contributed by atoms with van der Waals surface area (Å²) in [5.41, 5.74) is 2.31. The summed E-state index contributed by atoms with van der Waals surface area (Å²) in [7, 11) is 0. The fourth-order valence-corrected chi connectivity index (χ4v) is 2.94. The van der Waals surface area contributed by atoms with Gasteiger partial charge in [0.1, 0.15) is 11.8 Å². The molecule has 0 aliphatic carbocycles. The SMILES string of the molecule is Cc1ccc(C2OCCCC2NC(=O)c2cc(C(=O)O)ccn2)cc1. The van der Waals surface area contributed by atoms with E-state index in [-0.39, 0.29) is 23.4 Å². The normalized spacial score (nSPS) is 20.0. The van der Waals surface area contributed by atoms with Crippen LogP contribution in [0.25, 0.3) is 0 Å². The summed E-state index contributed by atoms with van der Waals surface area (Å²) in [5, 5.41) is 12.0. The lowest BCUT2D eigenvalue weighted by Crippen LogP contribution is -2.43. The molecule has 2 aromatic rings. The molecule has 0 bridgehead atoms. The molecule has 1 saturated heterocycles. The van der Waals surface area contributed by atoms with Crippen molar-refractivity contribution in [1.29, 1.82) is 0 Å². The van der Waals surface area contributed by atoms with Crippen LogP contribution in [-0.4, -0.2) is 34.6 Å². The van der Waals surface area contributed by atoms with Crippen LogP contribution in [0.4, 0.5) is 0 Å². The summed E-state index contributed by atoms with van der Waals surface area (Å²) in [6.45, 7) is 2.67. The molecule has 2 atom stereocenters. The van der Waals surface area contributed by atoms with Crippen molar-refractivity contribution >= 4 is 11.9 Å². The van der Waals surface area contributed by atoms with Crippen molar-refractivity contribution in [3.05, 3.63) is 65.0 Å². The van der Waals surface area contributed by atoms with Crippen LogP contribution in [0.2, 0.25) is 0 Å². The Morgan fingerprint density at radius 2 is 2.00 bits per heavy atom. The second-order valence-electron chi connectivity index (χ2n) is 6.16. The van der Waals surface area contributed by atoms with Crippen molar-refractivity contribution in [2.45, 2.75) is 31.9 Å². The van der Waals surface area contributed by atoms with Gasteiger partial charge in [0.25, 0.3) is 5.91 Å². The Morgan fingerprint density at radius 1 is 1.24 bits per heavy atom. The van der Waals surface area contributed by atoms with Gasteiger partial charge in [-0.05, 0) is 37.5 Å². The molecule has 3 rings (SSSR count). The lowest BCUT2D eigenvalue weighted by atomic mass is 9.95. The Hall–Kier alpha value is -2.73. The minimum Gasteiger partial charge on any atom is -0.478 e. The second-order valence-corrected chi connectivity index (χ2v) is 6.16. The van der Waals surface area contributed by atoms with Crippen LogP contribution in [0.1, 0.15) is 50.9 Å². The minimum absolute atomic E-state index is 0.0372. The molecule has 6 heteroatoms. The van der Waals surface area contributed by atoms with Gasteiger partial charge in [0.2, 0.25) is 0 Å². The zero-order valence-electron chi connectivity index (χ0n) is 13.9. The van der Waals surface area contributed by atoms with Gasteiger partial charge in [-0.15, -0.1) is 0 Å². The highest BCUT2D eigenvalue weighted by molar-refractivity contribution is 5.95. The number of nitrogens with one attached hydrogen (secondary N) is 1.